The van der Waals surface area contributed by atoms with Gasteiger partial charge in [0.1, 0.15) is 67.6 Å². The van der Waals surface area contributed by atoms with E-state index < -0.39 is 0 Å². The molecule has 4 aromatic carbocycles. The van der Waals surface area contributed by atoms with Gasteiger partial charge in [0.15, 0.2) is 0 Å². The molecular weight excluding hydrogens is 992 g/mol. The zero-order valence-corrected chi connectivity index (χ0v) is 44.6. The lowest BCUT2D eigenvalue weighted by atomic mass is 9.92. The Balaban J connectivity index is 1.01. The molecule has 2 aliphatic rings. The van der Waals surface area contributed by atoms with Crippen molar-refractivity contribution >= 4 is 41.4 Å². The minimum atomic E-state index is -0.376. The average molecular weight is 1050 g/mol. The van der Waals surface area contributed by atoms with Crippen molar-refractivity contribution in [3.05, 3.63) is 163 Å². The highest BCUT2D eigenvalue weighted by atomic mass is 35.5. The van der Waals surface area contributed by atoms with E-state index in [-0.39, 0.29) is 50.4 Å². The molecule has 6 aromatic rings. The van der Waals surface area contributed by atoms with Crippen molar-refractivity contribution in [1.29, 1.82) is 5.26 Å². The number of pyridine rings is 2. The molecule has 0 spiro atoms. The van der Waals surface area contributed by atoms with Crippen LogP contribution in [0.2, 0.25) is 10.0 Å². The summed E-state index contributed by atoms with van der Waals surface area (Å²) < 4.78 is 36.3. The highest BCUT2D eigenvalue weighted by Crippen LogP contribution is 2.39. The van der Waals surface area contributed by atoms with E-state index in [1.807, 2.05) is 48.5 Å². The number of carbonyl (C=O) groups excluding carboxylic acids is 2. The third-order valence-corrected chi connectivity index (χ3v) is 14.5. The molecule has 0 amide bonds. The van der Waals surface area contributed by atoms with Crippen molar-refractivity contribution in [3.63, 3.8) is 0 Å². The predicted octanol–water partition coefficient (Wildman–Crippen LogP) is 11.4. The molecule has 75 heavy (non-hydrogen) atoms. The van der Waals surface area contributed by atoms with Gasteiger partial charge in [0.25, 0.3) is 0 Å². The zero-order valence-electron chi connectivity index (χ0n) is 43.1. The molecule has 0 aliphatic carbocycles. The van der Waals surface area contributed by atoms with Gasteiger partial charge in [-0.05, 0) is 110 Å². The largest absolute Gasteiger partial charge is 0.488 e. The first-order valence-corrected chi connectivity index (χ1v) is 25.9. The molecule has 0 unspecified atom stereocenters. The van der Waals surface area contributed by atoms with Crippen molar-refractivity contribution in [3.8, 4) is 40.2 Å². The highest BCUT2D eigenvalue weighted by molar-refractivity contribution is 6.32. The number of rotatable bonds is 20. The normalized spacial score (nSPS) is 16.0. The number of likely N-dealkylation sites (tertiary alicyclic amines) is 2. The first-order chi connectivity index (χ1) is 36.5. The Morgan fingerprint density at radius 1 is 0.640 bits per heavy atom. The topological polar surface area (TPSA) is 158 Å². The standard InChI is InChI=1S/C59H62Cl2N6O8/c1-38-44(36-74-56-24-54(72-34-42-20-40(26-62)28-64-30-42)46(22-50(56)60)32-66-18-8-6-16-52(66)58(68)70-4)12-10-14-48(38)49-15-11-13-45(39(49)2)37-75-57-25-55(73-35-43-21-41(27-63-3)29-65-31-43)47(23-51(57)61)33-67-19-9-7-17-53(67)59(69)71-5/h10-15,20-25,27-31,52-53H,6-9,16-19,32-37H2,1-5H3/t52-,53-/m0/s1. The Morgan fingerprint density at radius 3 is 1.60 bits per heavy atom. The number of ether oxygens (including phenoxy) is 6. The monoisotopic (exact) mass is 1050 g/mol. The first kappa shape index (κ1) is 54.2. The highest BCUT2D eigenvalue weighted by Gasteiger charge is 2.32. The summed E-state index contributed by atoms with van der Waals surface area (Å²) in [6.45, 7) is 7.33. The molecule has 2 saturated heterocycles. The number of hydrogen-bond donors (Lipinski definition) is 0. The quantitative estimate of drug-likeness (QED) is 0.0526. The van der Waals surface area contributed by atoms with Gasteiger partial charge in [-0.15, -0.1) is 0 Å². The molecule has 0 radical (unpaired) electrons. The fourth-order valence-electron chi connectivity index (χ4n) is 9.82. The maximum absolute atomic E-state index is 12.8. The van der Waals surface area contributed by atoms with E-state index in [0.717, 1.165) is 106 Å². The lowest BCUT2D eigenvalue weighted by Gasteiger charge is -2.34. The fourth-order valence-corrected chi connectivity index (χ4v) is 10.3. The van der Waals surface area contributed by atoms with Crippen LogP contribution in [0.15, 0.2) is 103 Å². The number of aromatic nitrogens is 2. The number of hydrogen-bond acceptors (Lipinski definition) is 14. The van der Waals surface area contributed by atoms with Crippen LogP contribution in [0.25, 0.3) is 11.1 Å². The van der Waals surface area contributed by atoms with Crippen LogP contribution in [-0.2, 0) is 58.6 Å². The van der Waals surface area contributed by atoms with Crippen molar-refractivity contribution in [2.24, 2.45) is 4.99 Å². The van der Waals surface area contributed by atoms with E-state index in [4.69, 9.17) is 51.6 Å². The number of piperidine rings is 2. The van der Waals surface area contributed by atoms with E-state index in [2.05, 4.69) is 56.8 Å². The SMILES string of the molecule is CN=Cc1cncc(COc2cc(OCc3cccc(-c4cccc(COc5cc(OCc6cncc(C#N)c6)c(CN6CCCC[C@H]6C(=O)OC)cc5Cl)c4C)c3C)c(Cl)cc2CN2CCCC[C@H]2C(=O)OC)c1. The fraction of sp³-hybridized carbons (Fsp3) is 0.356. The van der Waals surface area contributed by atoms with Gasteiger partial charge in [0.05, 0.1) is 29.8 Å². The smallest absolute Gasteiger partial charge is 0.323 e. The van der Waals surface area contributed by atoms with E-state index in [1.165, 1.54) is 20.4 Å². The van der Waals surface area contributed by atoms with E-state index >= 15 is 0 Å². The maximum Gasteiger partial charge on any atom is 0.323 e. The molecule has 8 rings (SSSR count). The number of esters is 2. The molecule has 4 heterocycles. The summed E-state index contributed by atoms with van der Waals surface area (Å²) in [4.78, 5) is 42.6. The van der Waals surface area contributed by atoms with Crippen LogP contribution in [-0.4, -0.2) is 84.4 Å². The van der Waals surface area contributed by atoms with E-state index in [1.54, 1.807) is 44.0 Å². The van der Waals surface area contributed by atoms with Crippen LogP contribution in [0.5, 0.6) is 23.0 Å². The van der Waals surface area contributed by atoms with Crippen LogP contribution >= 0.6 is 23.2 Å². The molecule has 14 nitrogen and oxygen atoms in total. The number of methoxy groups -OCH3 is 2. The van der Waals surface area contributed by atoms with Gasteiger partial charge in [-0.2, -0.15) is 5.26 Å². The number of nitrogens with zero attached hydrogens (tertiary/aromatic N) is 6. The summed E-state index contributed by atoms with van der Waals surface area (Å²) in [6.07, 6.45) is 13.7. The summed E-state index contributed by atoms with van der Waals surface area (Å²) in [7, 11) is 4.56. The van der Waals surface area contributed by atoms with E-state index in [0.29, 0.717) is 58.1 Å². The van der Waals surface area contributed by atoms with Gasteiger partial charge in [0.2, 0.25) is 0 Å². The number of benzene rings is 4. The van der Waals surface area contributed by atoms with Crippen LogP contribution in [0, 0.1) is 25.2 Å². The van der Waals surface area contributed by atoms with Crippen LogP contribution in [0.4, 0.5) is 0 Å². The zero-order chi connectivity index (χ0) is 52.8. The molecule has 2 fully saturated rings. The summed E-state index contributed by atoms with van der Waals surface area (Å²) in [6, 6.07) is 24.8. The molecule has 2 atom stereocenters. The minimum Gasteiger partial charge on any atom is -0.488 e. The molecule has 0 N–H and O–H groups in total. The summed E-state index contributed by atoms with van der Waals surface area (Å²) in [5, 5.41) is 10.3. The third kappa shape index (κ3) is 13.6. The lowest BCUT2D eigenvalue weighted by Crippen LogP contribution is -2.44. The average Bonchev–Trinajstić information content (AvgIpc) is 3.43. The van der Waals surface area contributed by atoms with E-state index in [9.17, 15) is 14.9 Å². The molecule has 0 saturated carbocycles. The number of nitriles is 1. The Morgan fingerprint density at radius 2 is 1.12 bits per heavy atom. The molecule has 2 aromatic heterocycles. The summed E-state index contributed by atoms with van der Waals surface area (Å²) in [5.41, 5.74) is 10.6. The second kappa shape index (κ2) is 26.0. The van der Waals surface area contributed by atoms with Crippen molar-refractivity contribution in [2.75, 3.05) is 34.4 Å². The molecule has 390 valence electrons. The number of aliphatic imine (C=N–C) groups is 1. The van der Waals surface area contributed by atoms with Crippen LogP contribution in [0.3, 0.4) is 0 Å². The Kier molecular flexibility index (Phi) is 18.8. The summed E-state index contributed by atoms with van der Waals surface area (Å²) >= 11 is 14.0. The van der Waals surface area contributed by atoms with Crippen molar-refractivity contribution in [2.45, 2.75) is 104 Å². The van der Waals surface area contributed by atoms with Gasteiger partial charge in [-0.1, -0.05) is 72.4 Å². The summed E-state index contributed by atoms with van der Waals surface area (Å²) in [5.74, 6) is 1.52. The van der Waals surface area contributed by atoms with Gasteiger partial charge in [-0.25, -0.2) is 0 Å². The number of carbonyl (C=O) groups is 2. The lowest BCUT2D eigenvalue weighted by molar-refractivity contribution is -0.149. The third-order valence-electron chi connectivity index (χ3n) is 13.9. The Hall–Kier alpha value is -7.02. The second-order valence-corrected chi connectivity index (χ2v) is 19.6. The van der Waals surface area contributed by atoms with Crippen LogP contribution in [0.1, 0.15) is 94.2 Å². The minimum absolute atomic E-state index is 0.152. The Labute approximate surface area is 449 Å². The molecule has 0 bridgehead atoms. The molecule has 16 heteroatoms. The van der Waals surface area contributed by atoms with Crippen LogP contribution < -0.4 is 18.9 Å². The molecular formula is C59H62Cl2N6O8. The van der Waals surface area contributed by atoms with Gasteiger partial charge in [-0.3, -0.25) is 34.3 Å². The number of halogens is 2. The second-order valence-electron chi connectivity index (χ2n) is 18.8. The van der Waals surface area contributed by atoms with Crippen molar-refractivity contribution < 1.29 is 38.0 Å². The maximum atomic E-state index is 12.8. The first-order valence-electron chi connectivity index (χ1n) is 25.1. The Bertz CT molecular complexity index is 3070. The molecule has 2 aliphatic heterocycles. The van der Waals surface area contributed by atoms with Gasteiger partial charge < -0.3 is 28.4 Å². The van der Waals surface area contributed by atoms with Crippen molar-refractivity contribution in [1.82, 2.24) is 19.8 Å². The van der Waals surface area contributed by atoms with Gasteiger partial charge in [0, 0.05) is 91.1 Å². The predicted molar refractivity (Wildman–Crippen MR) is 288 cm³/mol. The van der Waals surface area contributed by atoms with Gasteiger partial charge >= 0.3 is 11.9 Å².